The Hall–Kier alpha value is -2.76. The van der Waals surface area contributed by atoms with E-state index in [0.717, 1.165) is 5.56 Å². The topological polar surface area (TPSA) is 86.3 Å². The van der Waals surface area contributed by atoms with Crippen LogP contribution in [0.2, 0.25) is 0 Å². The Morgan fingerprint density at radius 3 is 2.81 bits per heavy atom. The Labute approximate surface area is 122 Å². The number of amides is 1. The number of nitrogens with one attached hydrogen (secondary N) is 1. The van der Waals surface area contributed by atoms with Crippen molar-refractivity contribution < 1.29 is 9.53 Å². The van der Waals surface area contributed by atoms with Crippen molar-refractivity contribution in [1.29, 1.82) is 0 Å². The van der Waals surface area contributed by atoms with Gasteiger partial charge in [-0.15, -0.1) is 0 Å². The molecule has 21 heavy (non-hydrogen) atoms. The van der Waals surface area contributed by atoms with Crippen LogP contribution in [0.1, 0.15) is 5.56 Å². The summed E-state index contributed by atoms with van der Waals surface area (Å²) in [6, 6.07) is 8.30. The highest BCUT2D eigenvalue weighted by Crippen LogP contribution is 2.25. The zero-order valence-corrected chi connectivity index (χ0v) is 11.9. The van der Waals surface area contributed by atoms with Gasteiger partial charge in [0.2, 0.25) is 5.91 Å². The zero-order valence-electron chi connectivity index (χ0n) is 11.9. The van der Waals surface area contributed by atoms with E-state index in [4.69, 9.17) is 10.5 Å². The summed E-state index contributed by atoms with van der Waals surface area (Å²) in [5.74, 6) is 0.237. The predicted molar refractivity (Wildman–Crippen MR) is 81.5 cm³/mol. The maximum atomic E-state index is 12.1. The molecule has 1 amide bonds. The first-order valence-corrected chi connectivity index (χ1v) is 6.40. The second kappa shape index (κ2) is 6.13. The third kappa shape index (κ3) is 3.62. The number of hydrogen-bond donors (Lipinski definition) is 2. The fourth-order valence-electron chi connectivity index (χ4n) is 1.94. The number of methoxy groups -OCH3 is 1. The smallest absolute Gasteiger partial charge is 0.251 e. The number of aryl methyl sites for hydroxylation is 1. The standard InChI is InChI=1S/C15H17N3O3/c1-10-3-5-13(21-2)12(7-10)17-14(19)9-18-8-11(16)4-6-15(18)20/h3-8H,9,16H2,1-2H3,(H,17,19). The van der Waals surface area contributed by atoms with Gasteiger partial charge in [-0.05, 0) is 30.7 Å². The van der Waals surface area contributed by atoms with E-state index in [2.05, 4.69) is 5.32 Å². The summed E-state index contributed by atoms with van der Waals surface area (Å²) in [7, 11) is 1.53. The average Bonchev–Trinajstić information content (AvgIpc) is 2.43. The van der Waals surface area contributed by atoms with Crippen LogP contribution in [0.15, 0.2) is 41.3 Å². The quantitative estimate of drug-likeness (QED) is 0.889. The van der Waals surface area contributed by atoms with E-state index in [9.17, 15) is 9.59 Å². The molecular weight excluding hydrogens is 270 g/mol. The third-order valence-corrected chi connectivity index (χ3v) is 2.95. The number of carbonyl (C=O) groups excluding carboxylic acids is 1. The van der Waals surface area contributed by atoms with E-state index >= 15 is 0 Å². The van der Waals surface area contributed by atoms with E-state index < -0.39 is 0 Å². The Morgan fingerprint density at radius 2 is 2.10 bits per heavy atom. The van der Waals surface area contributed by atoms with Gasteiger partial charge in [0.15, 0.2) is 0 Å². The molecule has 6 heteroatoms. The van der Waals surface area contributed by atoms with Crippen LogP contribution < -0.4 is 21.3 Å². The molecule has 0 atom stereocenters. The van der Waals surface area contributed by atoms with E-state index in [0.29, 0.717) is 17.1 Å². The summed E-state index contributed by atoms with van der Waals surface area (Å²) in [5.41, 5.74) is 7.32. The molecule has 0 saturated carbocycles. The normalized spacial score (nSPS) is 10.2. The Balaban J connectivity index is 2.17. The minimum atomic E-state index is -0.327. The van der Waals surface area contributed by atoms with Crippen LogP contribution in [-0.2, 0) is 11.3 Å². The van der Waals surface area contributed by atoms with Gasteiger partial charge in [0.1, 0.15) is 12.3 Å². The van der Waals surface area contributed by atoms with Crippen molar-refractivity contribution in [3.63, 3.8) is 0 Å². The number of anilines is 2. The molecule has 1 heterocycles. The van der Waals surface area contributed by atoms with Gasteiger partial charge < -0.3 is 20.4 Å². The summed E-state index contributed by atoms with van der Waals surface area (Å²) in [6.07, 6.45) is 1.44. The Morgan fingerprint density at radius 1 is 1.33 bits per heavy atom. The third-order valence-electron chi connectivity index (χ3n) is 2.95. The van der Waals surface area contributed by atoms with Crippen molar-refractivity contribution >= 4 is 17.3 Å². The summed E-state index contributed by atoms with van der Waals surface area (Å²) in [4.78, 5) is 23.7. The van der Waals surface area contributed by atoms with E-state index in [1.165, 1.54) is 30.0 Å². The van der Waals surface area contributed by atoms with Gasteiger partial charge in [0.05, 0.1) is 12.8 Å². The summed E-state index contributed by atoms with van der Waals surface area (Å²) >= 11 is 0. The minimum Gasteiger partial charge on any atom is -0.495 e. The Bertz CT molecular complexity index is 722. The number of aromatic nitrogens is 1. The highest BCUT2D eigenvalue weighted by molar-refractivity contribution is 5.92. The van der Waals surface area contributed by atoms with Gasteiger partial charge in [-0.25, -0.2) is 0 Å². The predicted octanol–water partition coefficient (Wildman–Crippen LogP) is 1.39. The fourth-order valence-corrected chi connectivity index (χ4v) is 1.94. The molecule has 1 aromatic carbocycles. The first kappa shape index (κ1) is 14.6. The highest BCUT2D eigenvalue weighted by Gasteiger charge is 2.09. The molecule has 0 aliphatic heterocycles. The molecule has 110 valence electrons. The molecule has 6 nitrogen and oxygen atoms in total. The molecule has 0 saturated heterocycles. The van der Waals surface area contributed by atoms with Crippen molar-refractivity contribution in [2.24, 2.45) is 0 Å². The van der Waals surface area contributed by atoms with Crippen LogP contribution in [0.4, 0.5) is 11.4 Å². The lowest BCUT2D eigenvalue weighted by atomic mass is 10.2. The zero-order chi connectivity index (χ0) is 15.4. The maximum absolute atomic E-state index is 12.1. The molecular formula is C15H17N3O3. The number of nitrogens with two attached hydrogens (primary N) is 1. The fraction of sp³-hybridized carbons (Fsp3) is 0.200. The monoisotopic (exact) mass is 287 g/mol. The number of nitrogen functional groups attached to an aromatic ring is 1. The van der Waals surface area contributed by atoms with Crippen LogP contribution in [0.3, 0.4) is 0 Å². The van der Waals surface area contributed by atoms with Crippen LogP contribution >= 0.6 is 0 Å². The number of pyridine rings is 1. The maximum Gasteiger partial charge on any atom is 0.251 e. The minimum absolute atomic E-state index is 0.110. The molecule has 2 rings (SSSR count). The van der Waals surface area contributed by atoms with Crippen molar-refractivity contribution in [3.05, 3.63) is 52.4 Å². The SMILES string of the molecule is COc1ccc(C)cc1NC(=O)Cn1cc(N)ccc1=O. The van der Waals surface area contributed by atoms with Crippen molar-refractivity contribution in [3.8, 4) is 5.75 Å². The number of benzene rings is 1. The molecule has 2 aromatic rings. The lowest BCUT2D eigenvalue weighted by molar-refractivity contribution is -0.116. The van der Waals surface area contributed by atoms with Gasteiger partial charge in [0, 0.05) is 18.0 Å². The molecule has 0 aliphatic carbocycles. The number of rotatable bonds is 4. The Kier molecular flexibility index (Phi) is 4.27. The molecule has 0 spiro atoms. The van der Waals surface area contributed by atoms with Crippen LogP contribution in [0, 0.1) is 6.92 Å². The number of hydrogen-bond acceptors (Lipinski definition) is 4. The number of nitrogens with zero attached hydrogens (tertiary/aromatic N) is 1. The molecule has 0 aliphatic rings. The van der Waals surface area contributed by atoms with Crippen LogP contribution in [0.5, 0.6) is 5.75 Å². The van der Waals surface area contributed by atoms with Crippen LogP contribution in [-0.4, -0.2) is 17.6 Å². The molecule has 3 N–H and O–H groups in total. The average molecular weight is 287 g/mol. The van der Waals surface area contributed by atoms with Gasteiger partial charge in [-0.3, -0.25) is 9.59 Å². The van der Waals surface area contributed by atoms with E-state index in [-0.39, 0.29) is 18.0 Å². The number of carbonyl (C=O) groups is 1. The van der Waals surface area contributed by atoms with Crippen LogP contribution in [0.25, 0.3) is 0 Å². The summed E-state index contributed by atoms with van der Waals surface area (Å²) < 4.78 is 6.45. The highest BCUT2D eigenvalue weighted by atomic mass is 16.5. The van der Waals surface area contributed by atoms with E-state index in [1.807, 2.05) is 13.0 Å². The van der Waals surface area contributed by atoms with Crippen molar-refractivity contribution in [2.75, 3.05) is 18.2 Å². The van der Waals surface area contributed by atoms with Gasteiger partial charge in [0.25, 0.3) is 5.56 Å². The van der Waals surface area contributed by atoms with E-state index in [1.54, 1.807) is 12.1 Å². The molecule has 0 unspecified atom stereocenters. The first-order valence-electron chi connectivity index (χ1n) is 6.40. The molecule has 1 aromatic heterocycles. The second-order valence-electron chi connectivity index (χ2n) is 4.68. The lowest BCUT2D eigenvalue weighted by Gasteiger charge is -2.12. The number of ether oxygens (including phenoxy) is 1. The lowest BCUT2D eigenvalue weighted by Crippen LogP contribution is -2.27. The second-order valence-corrected chi connectivity index (χ2v) is 4.68. The van der Waals surface area contributed by atoms with Gasteiger partial charge >= 0.3 is 0 Å². The van der Waals surface area contributed by atoms with Crippen molar-refractivity contribution in [1.82, 2.24) is 4.57 Å². The summed E-state index contributed by atoms with van der Waals surface area (Å²) in [5, 5.41) is 2.73. The molecule has 0 radical (unpaired) electrons. The molecule has 0 fully saturated rings. The van der Waals surface area contributed by atoms with Gasteiger partial charge in [-0.1, -0.05) is 6.07 Å². The van der Waals surface area contributed by atoms with Crippen molar-refractivity contribution in [2.45, 2.75) is 13.5 Å². The summed E-state index contributed by atoms with van der Waals surface area (Å²) in [6.45, 7) is 1.80. The first-order chi connectivity index (χ1) is 9.99. The van der Waals surface area contributed by atoms with Gasteiger partial charge in [-0.2, -0.15) is 0 Å². The largest absolute Gasteiger partial charge is 0.495 e. The molecule has 0 bridgehead atoms.